The summed E-state index contributed by atoms with van der Waals surface area (Å²) in [6.45, 7) is 7.59. The predicted molar refractivity (Wildman–Crippen MR) is 113 cm³/mol. The molecule has 2 saturated heterocycles. The Morgan fingerprint density at radius 2 is 1.60 bits per heavy atom. The van der Waals surface area contributed by atoms with Gasteiger partial charge in [-0.1, -0.05) is 22.6 Å². The summed E-state index contributed by atoms with van der Waals surface area (Å²) in [5, 5.41) is 0. The Bertz CT molecular complexity index is 650. The zero-order valence-electron chi connectivity index (χ0n) is 17.7. The third-order valence-corrected chi connectivity index (χ3v) is 5.00. The lowest BCUT2D eigenvalue weighted by Crippen LogP contribution is -2.65. The van der Waals surface area contributed by atoms with Crippen LogP contribution in [0.4, 0.5) is 0 Å². The van der Waals surface area contributed by atoms with E-state index in [9.17, 15) is 14.4 Å². The van der Waals surface area contributed by atoms with Crippen molar-refractivity contribution < 1.29 is 42.8 Å². The van der Waals surface area contributed by atoms with Crippen molar-refractivity contribution in [3.63, 3.8) is 0 Å². The van der Waals surface area contributed by atoms with Crippen molar-refractivity contribution in [3.05, 3.63) is 10.2 Å². The van der Waals surface area contributed by atoms with Crippen molar-refractivity contribution in [1.82, 2.24) is 0 Å². The molecule has 7 atom stereocenters. The van der Waals surface area contributed by atoms with Gasteiger partial charge < -0.3 is 28.4 Å². The highest BCUT2D eigenvalue weighted by Gasteiger charge is 2.55. The van der Waals surface area contributed by atoms with Crippen molar-refractivity contribution in [1.29, 1.82) is 0 Å². The number of ether oxygens (including phenoxy) is 6. The van der Waals surface area contributed by atoms with Crippen LogP contribution in [0.15, 0.2) is 10.2 Å². The number of halogens is 1. The first-order chi connectivity index (χ1) is 14.1. The zero-order valence-corrected chi connectivity index (χ0v) is 19.9. The smallest absolute Gasteiger partial charge is 0.303 e. The molecule has 9 nitrogen and oxygen atoms in total. The summed E-state index contributed by atoms with van der Waals surface area (Å²) < 4.78 is 36.1. The Hall–Kier alpha value is -1.24. The standard InChI is InChI=1S/C20H29IO9/c1-10(2)25-16-7-6-14-18(30-16)20(28-13(5)24)19(27-12(4)23)17(29-14)15(8-9-21)26-11(3)22/h8-10,14-20H,6-7H2,1-5H3/b9-8+/t14-,15-,16-,17-,18-,19+,20-/m0/s1. The number of hydrogen-bond acceptors (Lipinski definition) is 9. The van der Waals surface area contributed by atoms with Crippen LogP contribution < -0.4 is 0 Å². The maximum atomic E-state index is 11.9. The van der Waals surface area contributed by atoms with Gasteiger partial charge in [-0.3, -0.25) is 14.4 Å². The van der Waals surface area contributed by atoms with Crippen LogP contribution in [0.25, 0.3) is 0 Å². The number of hydrogen-bond donors (Lipinski definition) is 0. The van der Waals surface area contributed by atoms with E-state index in [-0.39, 0.29) is 6.10 Å². The summed E-state index contributed by atoms with van der Waals surface area (Å²) >= 11 is 1.99. The molecule has 0 amide bonds. The molecule has 30 heavy (non-hydrogen) atoms. The summed E-state index contributed by atoms with van der Waals surface area (Å²) in [5.74, 6) is -1.66. The van der Waals surface area contributed by atoms with E-state index < -0.39 is 60.8 Å². The van der Waals surface area contributed by atoms with Gasteiger partial charge >= 0.3 is 17.9 Å². The third kappa shape index (κ3) is 6.89. The molecule has 2 aliphatic rings. The van der Waals surface area contributed by atoms with Gasteiger partial charge in [-0.05, 0) is 30.4 Å². The van der Waals surface area contributed by atoms with Gasteiger partial charge in [0, 0.05) is 27.2 Å². The van der Waals surface area contributed by atoms with Crippen LogP contribution in [0.5, 0.6) is 0 Å². The highest BCUT2D eigenvalue weighted by Crippen LogP contribution is 2.37. The highest BCUT2D eigenvalue weighted by atomic mass is 127. The summed E-state index contributed by atoms with van der Waals surface area (Å²) in [6, 6.07) is 0. The first kappa shape index (κ1) is 25.0. The fraction of sp³-hybridized carbons (Fsp3) is 0.750. The van der Waals surface area contributed by atoms with Gasteiger partial charge in [0.1, 0.15) is 12.2 Å². The molecule has 0 spiro atoms. The molecule has 0 saturated carbocycles. The molecule has 2 heterocycles. The van der Waals surface area contributed by atoms with Crippen molar-refractivity contribution in [3.8, 4) is 0 Å². The molecule has 10 heteroatoms. The van der Waals surface area contributed by atoms with Crippen molar-refractivity contribution in [2.24, 2.45) is 0 Å². The second-order valence-corrected chi connectivity index (χ2v) is 8.19. The molecular formula is C20H29IO9. The maximum Gasteiger partial charge on any atom is 0.303 e. The van der Waals surface area contributed by atoms with Gasteiger partial charge in [0.15, 0.2) is 24.6 Å². The summed E-state index contributed by atoms with van der Waals surface area (Å²) in [6.07, 6.45) is -2.63. The average Bonchev–Trinajstić information content (AvgIpc) is 2.61. The van der Waals surface area contributed by atoms with Crippen LogP contribution in [-0.2, 0) is 42.8 Å². The average molecular weight is 540 g/mol. The second kappa shape index (κ2) is 11.4. The van der Waals surface area contributed by atoms with Crippen LogP contribution in [-0.4, -0.2) is 66.9 Å². The van der Waals surface area contributed by atoms with E-state index in [4.69, 9.17) is 28.4 Å². The molecule has 0 aromatic rings. The minimum atomic E-state index is -1.04. The summed E-state index contributed by atoms with van der Waals surface area (Å²) in [7, 11) is 0. The van der Waals surface area contributed by atoms with Crippen molar-refractivity contribution in [2.45, 2.75) is 96.5 Å². The summed E-state index contributed by atoms with van der Waals surface area (Å²) in [4.78, 5) is 35.4. The van der Waals surface area contributed by atoms with E-state index in [0.717, 1.165) is 0 Å². The number of carbonyl (C=O) groups is 3. The SMILES string of the molecule is CC(=O)O[C@@H]1[C@H](OC(C)=O)[C@H]([C@H](/C=C/I)OC(C)=O)O[C@H]2CC[C@@H](OC(C)C)O[C@H]12. The molecule has 0 aromatic carbocycles. The first-order valence-electron chi connectivity index (χ1n) is 9.87. The fourth-order valence-corrected chi connectivity index (χ4v) is 4.09. The highest BCUT2D eigenvalue weighted by molar-refractivity contribution is 14.1. The number of fused-ring (bicyclic) bond motifs is 1. The van der Waals surface area contributed by atoms with Crippen LogP contribution in [0.3, 0.4) is 0 Å². The molecule has 2 rings (SSSR count). The molecule has 0 radical (unpaired) electrons. The lowest BCUT2D eigenvalue weighted by Gasteiger charge is -2.49. The van der Waals surface area contributed by atoms with Crippen LogP contribution in [0, 0.1) is 0 Å². The van der Waals surface area contributed by atoms with Gasteiger partial charge in [0.05, 0.1) is 12.2 Å². The Morgan fingerprint density at radius 1 is 0.967 bits per heavy atom. The quantitative estimate of drug-likeness (QED) is 0.274. The lowest BCUT2D eigenvalue weighted by atomic mass is 9.88. The molecule has 0 N–H and O–H groups in total. The van der Waals surface area contributed by atoms with E-state index >= 15 is 0 Å². The van der Waals surface area contributed by atoms with Gasteiger partial charge in [0.2, 0.25) is 0 Å². The van der Waals surface area contributed by atoms with E-state index in [2.05, 4.69) is 0 Å². The van der Waals surface area contributed by atoms with Crippen molar-refractivity contribution >= 4 is 40.5 Å². The third-order valence-electron chi connectivity index (χ3n) is 4.58. The molecule has 2 aliphatic heterocycles. The molecule has 0 aromatic heterocycles. The van der Waals surface area contributed by atoms with Crippen LogP contribution in [0.2, 0.25) is 0 Å². The lowest BCUT2D eigenvalue weighted by molar-refractivity contribution is -0.315. The largest absolute Gasteiger partial charge is 0.456 e. The fourth-order valence-electron chi connectivity index (χ4n) is 3.68. The zero-order chi connectivity index (χ0) is 22.4. The number of rotatable bonds is 7. The van der Waals surface area contributed by atoms with Crippen LogP contribution >= 0.6 is 22.6 Å². The van der Waals surface area contributed by atoms with Gasteiger partial charge in [-0.25, -0.2) is 0 Å². The summed E-state index contributed by atoms with van der Waals surface area (Å²) in [5.41, 5.74) is 0. The Kier molecular flexibility index (Phi) is 9.51. The molecule has 2 fully saturated rings. The molecule has 0 unspecified atom stereocenters. The minimum absolute atomic E-state index is 0.0533. The second-order valence-electron chi connectivity index (χ2n) is 7.47. The number of esters is 3. The van der Waals surface area contributed by atoms with Crippen molar-refractivity contribution in [2.75, 3.05) is 0 Å². The van der Waals surface area contributed by atoms with Gasteiger partial charge in [-0.15, -0.1) is 0 Å². The van der Waals surface area contributed by atoms with E-state index in [0.29, 0.717) is 12.8 Å². The number of carbonyl (C=O) groups excluding carboxylic acids is 3. The molecular weight excluding hydrogens is 511 g/mol. The molecule has 0 aliphatic carbocycles. The topological polar surface area (TPSA) is 107 Å². The van der Waals surface area contributed by atoms with E-state index in [1.54, 1.807) is 10.2 Å². The van der Waals surface area contributed by atoms with Gasteiger partial charge in [0.25, 0.3) is 0 Å². The Labute approximate surface area is 189 Å². The molecule has 170 valence electrons. The normalized spacial score (nSPS) is 32.4. The van der Waals surface area contributed by atoms with Crippen LogP contribution in [0.1, 0.15) is 47.5 Å². The monoisotopic (exact) mass is 540 g/mol. The predicted octanol–water partition coefficient (Wildman–Crippen LogP) is 2.43. The van der Waals surface area contributed by atoms with E-state index in [1.165, 1.54) is 20.8 Å². The minimum Gasteiger partial charge on any atom is -0.456 e. The first-order valence-corrected chi connectivity index (χ1v) is 11.1. The van der Waals surface area contributed by atoms with E-state index in [1.807, 2.05) is 36.4 Å². The Balaban J connectivity index is 2.39. The van der Waals surface area contributed by atoms with Gasteiger partial charge in [-0.2, -0.15) is 0 Å². The maximum absolute atomic E-state index is 11.9. The Morgan fingerprint density at radius 3 is 2.13 bits per heavy atom. The molecule has 0 bridgehead atoms.